The van der Waals surface area contributed by atoms with Crippen molar-refractivity contribution in [3.05, 3.63) is 24.3 Å². The normalized spacial score (nSPS) is 17.9. The van der Waals surface area contributed by atoms with Crippen LogP contribution in [0.4, 0.5) is 16.2 Å². The molecule has 8 heteroatoms. The molecule has 8 nitrogen and oxygen atoms in total. The quantitative estimate of drug-likeness (QED) is 0.598. The molecule has 0 bridgehead atoms. The van der Waals surface area contributed by atoms with Gasteiger partial charge in [-0.1, -0.05) is 19.8 Å². The number of carbonyl (C=O) groups is 4. The maximum absolute atomic E-state index is 12.3. The van der Waals surface area contributed by atoms with E-state index in [-0.39, 0.29) is 6.54 Å². The van der Waals surface area contributed by atoms with Gasteiger partial charge in [-0.05, 0) is 43.5 Å². The lowest BCUT2D eigenvalue weighted by Crippen LogP contribution is -2.39. The van der Waals surface area contributed by atoms with Crippen LogP contribution in [0.5, 0.6) is 0 Å². The van der Waals surface area contributed by atoms with E-state index in [2.05, 4.69) is 10.2 Å². The van der Waals surface area contributed by atoms with Crippen molar-refractivity contribution in [2.24, 2.45) is 0 Å². The Morgan fingerprint density at radius 1 is 0.929 bits per heavy atom. The lowest BCUT2D eigenvalue weighted by molar-refractivity contribution is -0.143. The Morgan fingerprint density at radius 3 is 2.14 bits per heavy atom. The van der Waals surface area contributed by atoms with Gasteiger partial charge < -0.3 is 10.2 Å². The van der Waals surface area contributed by atoms with Gasteiger partial charge in [0, 0.05) is 31.0 Å². The minimum atomic E-state index is -0.954. The molecular formula is C20H26N4O4. The molecule has 2 aliphatic rings. The first-order valence-electron chi connectivity index (χ1n) is 9.83. The maximum Gasteiger partial charge on any atom is 0.334 e. The van der Waals surface area contributed by atoms with Crippen molar-refractivity contribution >= 4 is 35.1 Å². The van der Waals surface area contributed by atoms with Crippen LogP contribution in [0, 0.1) is 0 Å². The number of carbonyl (C=O) groups excluding carboxylic acids is 4. The fraction of sp³-hybridized carbons (Fsp3) is 0.500. The molecule has 0 aromatic heterocycles. The third-order valence-corrected chi connectivity index (χ3v) is 5.01. The Labute approximate surface area is 164 Å². The minimum Gasteiger partial charge on any atom is -0.372 e. The molecule has 2 fully saturated rings. The number of hydrogen-bond donors (Lipinski definition) is 1. The van der Waals surface area contributed by atoms with E-state index in [1.807, 2.05) is 12.1 Å². The number of anilines is 2. The highest BCUT2D eigenvalue weighted by Gasteiger charge is 2.44. The summed E-state index contributed by atoms with van der Waals surface area (Å²) >= 11 is 0. The Kier molecular flexibility index (Phi) is 6.28. The van der Waals surface area contributed by atoms with E-state index in [1.165, 1.54) is 25.7 Å². The largest absolute Gasteiger partial charge is 0.372 e. The van der Waals surface area contributed by atoms with E-state index < -0.39 is 30.3 Å². The third-order valence-electron chi connectivity index (χ3n) is 5.01. The van der Waals surface area contributed by atoms with Gasteiger partial charge in [-0.3, -0.25) is 19.3 Å². The smallest absolute Gasteiger partial charge is 0.334 e. The zero-order valence-electron chi connectivity index (χ0n) is 16.1. The van der Waals surface area contributed by atoms with Crippen LogP contribution in [-0.2, 0) is 14.4 Å². The number of imide groups is 2. The summed E-state index contributed by atoms with van der Waals surface area (Å²) in [6.07, 6.45) is 5.44. The van der Waals surface area contributed by atoms with Crippen molar-refractivity contribution in [2.75, 3.05) is 36.4 Å². The van der Waals surface area contributed by atoms with Crippen molar-refractivity contribution < 1.29 is 19.2 Å². The summed E-state index contributed by atoms with van der Waals surface area (Å²) < 4.78 is 0. The number of nitrogens with one attached hydrogen (secondary N) is 1. The van der Waals surface area contributed by atoms with Crippen molar-refractivity contribution in [3.8, 4) is 0 Å². The van der Waals surface area contributed by atoms with E-state index in [0.717, 1.165) is 23.7 Å². The van der Waals surface area contributed by atoms with Gasteiger partial charge in [0.1, 0.15) is 6.54 Å². The molecule has 3 rings (SSSR count). The van der Waals surface area contributed by atoms with Gasteiger partial charge in [-0.25, -0.2) is 9.69 Å². The molecule has 1 aromatic carbocycles. The lowest BCUT2D eigenvalue weighted by Gasteiger charge is -2.22. The van der Waals surface area contributed by atoms with Crippen LogP contribution < -0.4 is 10.2 Å². The molecule has 28 heavy (non-hydrogen) atoms. The van der Waals surface area contributed by atoms with Gasteiger partial charge >= 0.3 is 17.8 Å². The Bertz CT molecular complexity index is 754. The molecule has 2 aliphatic heterocycles. The predicted octanol–water partition coefficient (Wildman–Crippen LogP) is 2.21. The fourth-order valence-electron chi connectivity index (χ4n) is 3.54. The van der Waals surface area contributed by atoms with E-state index in [1.54, 1.807) is 19.1 Å². The lowest BCUT2D eigenvalue weighted by atomic mass is 10.2. The summed E-state index contributed by atoms with van der Waals surface area (Å²) in [6, 6.07) is 6.79. The van der Waals surface area contributed by atoms with E-state index in [4.69, 9.17) is 0 Å². The van der Waals surface area contributed by atoms with Crippen molar-refractivity contribution in [2.45, 2.75) is 39.0 Å². The molecule has 0 saturated carbocycles. The first kappa shape index (κ1) is 19.9. The monoisotopic (exact) mass is 386 g/mol. The van der Waals surface area contributed by atoms with E-state index in [9.17, 15) is 19.2 Å². The molecule has 150 valence electrons. The van der Waals surface area contributed by atoms with Crippen LogP contribution in [0.25, 0.3) is 0 Å². The predicted molar refractivity (Wildman–Crippen MR) is 105 cm³/mol. The van der Waals surface area contributed by atoms with Gasteiger partial charge in [0.05, 0.1) is 0 Å². The van der Waals surface area contributed by atoms with E-state index >= 15 is 0 Å². The molecule has 1 N–H and O–H groups in total. The summed E-state index contributed by atoms with van der Waals surface area (Å²) in [5, 5.41) is 2.68. The standard InChI is InChI=1S/C20H26N4O4/c1-2-11-23-18(26)19(27)24(20(23)28)14-17(25)21-15-7-9-16(10-8-15)22-12-5-3-4-6-13-22/h7-10H,2-6,11-14H2,1H3,(H,21,25). The number of benzene rings is 1. The second kappa shape index (κ2) is 8.86. The number of urea groups is 1. The zero-order valence-corrected chi connectivity index (χ0v) is 16.1. The molecule has 0 spiro atoms. The van der Waals surface area contributed by atoms with Gasteiger partial charge in [-0.15, -0.1) is 0 Å². The van der Waals surface area contributed by atoms with Crippen molar-refractivity contribution in [3.63, 3.8) is 0 Å². The maximum atomic E-state index is 12.3. The topological polar surface area (TPSA) is 90.0 Å². The second-order valence-electron chi connectivity index (χ2n) is 7.13. The van der Waals surface area contributed by atoms with Crippen LogP contribution in [0.2, 0.25) is 0 Å². The minimum absolute atomic E-state index is 0.166. The molecule has 1 aromatic rings. The summed E-state index contributed by atoms with van der Waals surface area (Å²) in [7, 11) is 0. The van der Waals surface area contributed by atoms with Gasteiger partial charge in [0.25, 0.3) is 0 Å². The molecule has 0 atom stereocenters. The number of amides is 5. The first-order chi connectivity index (χ1) is 13.5. The Hall–Kier alpha value is -2.90. The molecule has 0 aliphatic carbocycles. The number of nitrogens with zero attached hydrogens (tertiary/aromatic N) is 3. The SMILES string of the molecule is CCCN1C(=O)C(=O)N(CC(=O)Nc2ccc(N3CCCCCC3)cc2)C1=O. The number of hydrogen-bond acceptors (Lipinski definition) is 5. The molecular weight excluding hydrogens is 360 g/mol. The summed E-state index contributed by atoms with van der Waals surface area (Å²) in [4.78, 5) is 52.2. The summed E-state index contributed by atoms with van der Waals surface area (Å²) in [6.45, 7) is 3.56. The molecule has 5 amide bonds. The van der Waals surface area contributed by atoms with Gasteiger partial charge in [0.2, 0.25) is 5.91 Å². The van der Waals surface area contributed by atoms with Gasteiger partial charge in [-0.2, -0.15) is 0 Å². The average molecular weight is 386 g/mol. The van der Waals surface area contributed by atoms with Gasteiger partial charge in [0.15, 0.2) is 0 Å². The second-order valence-corrected chi connectivity index (χ2v) is 7.13. The zero-order chi connectivity index (χ0) is 20.1. The van der Waals surface area contributed by atoms with Crippen molar-refractivity contribution in [1.82, 2.24) is 9.80 Å². The highest BCUT2D eigenvalue weighted by molar-refractivity contribution is 6.45. The van der Waals surface area contributed by atoms with Crippen LogP contribution in [-0.4, -0.2) is 59.7 Å². The summed E-state index contributed by atoms with van der Waals surface area (Å²) in [5.74, 6) is -2.35. The highest BCUT2D eigenvalue weighted by atomic mass is 16.2. The third kappa shape index (κ3) is 4.32. The Balaban J connectivity index is 1.58. The van der Waals surface area contributed by atoms with Crippen molar-refractivity contribution in [1.29, 1.82) is 0 Å². The molecule has 2 saturated heterocycles. The first-order valence-corrected chi connectivity index (χ1v) is 9.83. The van der Waals surface area contributed by atoms with Crippen LogP contribution in [0.3, 0.4) is 0 Å². The van der Waals surface area contributed by atoms with E-state index in [0.29, 0.717) is 17.0 Å². The number of rotatable bonds is 6. The molecule has 0 radical (unpaired) electrons. The highest BCUT2D eigenvalue weighted by Crippen LogP contribution is 2.22. The molecule has 2 heterocycles. The van der Waals surface area contributed by atoms with Crippen LogP contribution >= 0.6 is 0 Å². The van der Waals surface area contributed by atoms with Crippen LogP contribution in [0.1, 0.15) is 39.0 Å². The Morgan fingerprint density at radius 2 is 1.54 bits per heavy atom. The fourth-order valence-corrected chi connectivity index (χ4v) is 3.54. The summed E-state index contributed by atoms with van der Waals surface area (Å²) in [5.41, 5.74) is 1.70. The average Bonchev–Trinajstić information content (AvgIpc) is 2.91. The van der Waals surface area contributed by atoms with Crippen LogP contribution in [0.15, 0.2) is 24.3 Å². The molecule has 0 unspecified atom stereocenters.